The maximum Gasteiger partial charge on any atom is 0.311 e. The van der Waals surface area contributed by atoms with Gasteiger partial charge in [0.05, 0.1) is 11.5 Å². The minimum absolute atomic E-state index is 0.0746. The summed E-state index contributed by atoms with van der Waals surface area (Å²) in [6.45, 7) is 7.34. The summed E-state index contributed by atoms with van der Waals surface area (Å²) in [5.41, 5.74) is 0.233. The summed E-state index contributed by atoms with van der Waals surface area (Å²) in [6, 6.07) is 9.00. The molecular formula is C20H25NO3. The molecule has 0 aromatic heterocycles. The summed E-state index contributed by atoms with van der Waals surface area (Å²) in [6.07, 6.45) is 8.02. The Morgan fingerprint density at radius 1 is 1.38 bits per heavy atom. The number of terminal acetylenes is 1. The maximum atomic E-state index is 12.2. The third-order valence-electron chi connectivity index (χ3n) is 3.62. The molecule has 1 atom stereocenters. The molecule has 1 amide bonds. The van der Waals surface area contributed by atoms with E-state index in [4.69, 9.17) is 11.2 Å². The molecule has 0 fully saturated rings. The van der Waals surface area contributed by atoms with Crippen molar-refractivity contribution in [3.05, 3.63) is 48.6 Å². The van der Waals surface area contributed by atoms with E-state index in [0.29, 0.717) is 12.8 Å². The van der Waals surface area contributed by atoms with Gasteiger partial charge >= 0.3 is 5.97 Å². The van der Waals surface area contributed by atoms with Crippen LogP contribution < -0.4 is 5.32 Å². The molecule has 0 aliphatic heterocycles. The van der Waals surface area contributed by atoms with Gasteiger partial charge in [0, 0.05) is 12.8 Å². The Morgan fingerprint density at radius 2 is 2.04 bits per heavy atom. The third-order valence-corrected chi connectivity index (χ3v) is 3.62. The zero-order valence-corrected chi connectivity index (χ0v) is 14.4. The van der Waals surface area contributed by atoms with E-state index in [-0.39, 0.29) is 24.9 Å². The molecule has 1 rings (SSSR count). The largest absolute Gasteiger partial charge is 0.463 e. The molecule has 0 radical (unpaired) electrons. The molecule has 0 heterocycles. The average Bonchev–Trinajstić information content (AvgIpc) is 2.57. The Kier molecular flexibility index (Phi) is 7.77. The number of allylic oxidation sites excluding steroid dienone is 1. The van der Waals surface area contributed by atoms with Crippen molar-refractivity contribution in [2.24, 2.45) is 5.41 Å². The van der Waals surface area contributed by atoms with Crippen LogP contribution in [0.5, 0.6) is 0 Å². The first-order chi connectivity index (χ1) is 11.4. The fourth-order valence-electron chi connectivity index (χ4n) is 2.16. The van der Waals surface area contributed by atoms with Gasteiger partial charge in [-0.3, -0.25) is 9.59 Å². The molecule has 0 spiro atoms. The summed E-state index contributed by atoms with van der Waals surface area (Å²) >= 11 is 0. The number of nitrogens with one attached hydrogen (secondary N) is 1. The fraction of sp³-hybridized carbons (Fsp3) is 0.400. The van der Waals surface area contributed by atoms with Crippen LogP contribution in [0.25, 0.3) is 0 Å². The highest BCUT2D eigenvalue weighted by Gasteiger charge is 2.29. The van der Waals surface area contributed by atoms with Gasteiger partial charge in [-0.2, -0.15) is 0 Å². The van der Waals surface area contributed by atoms with Crippen LogP contribution in [0.15, 0.2) is 43.0 Å². The van der Waals surface area contributed by atoms with E-state index in [1.54, 1.807) is 19.9 Å². The standard InChI is InChI=1S/C20H25NO3/c1-5-7-13-18(22)21-17(16-11-9-8-10-12-16)15-24-19(23)20(3,4)14-6-2/h1,6,8-12,17H,2,7,13-15H2,3-4H3,(H,21,22). The van der Waals surface area contributed by atoms with Gasteiger partial charge in [0.1, 0.15) is 6.61 Å². The van der Waals surface area contributed by atoms with Crippen molar-refractivity contribution in [2.45, 2.75) is 39.2 Å². The Labute approximate surface area is 144 Å². The van der Waals surface area contributed by atoms with Crippen molar-refractivity contribution in [3.8, 4) is 12.3 Å². The summed E-state index contributed by atoms with van der Waals surface area (Å²) in [5.74, 6) is 1.96. The molecule has 24 heavy (non-hydrogen) atoms. The minimum Gasteiger partial charge on any atom is -0.463 e. The number of ether oxygens (including phenoxy) is 1. The Hall–Kier alpha value is -2.54. The summed E-state index contributed by atoms with van der Waals surface area (Å²) in [5, 5.41) is 2.88. The third kappa shape index (κ3) is 6.29. The van der Waals surface area contributed by atoms with Crippen LogP contribution in [-0.2, 0) is 14.3 Å². The number of rotatable bonds is 9. The van der Waals surface area contributed by atoms with Crippen LogP contribution in [0, 0.1) is 17.8 Å². The molecule has 128 valence electrons. The van der Waals surface area contributed by atoms with E-state index in [2.05, 4.69) is 17.8 Å². The second-order valence-electron chi connectivity index (χ2n) is 6.21. The number of hydrogen-bond donors (Lipinski definition) is 1. The first kappa shape index (κ1) is 19.5. The molecule has 0 bridgehead atoms. The molecule has 1 N–H and O–H groups in total. The van der Waals surface area contributed by atoms with E-state index >= 15 is 0 Å². The number of esters is 1. The fourth-order valence-corrected chi connectivity index (χ4v) is 2.16. The van der Waals surface area contributed by atoms with Crippen LogP contribution in [0.3, 0.4) is 0 Å². The predicted molar refractivity (Wildman–Crippen MR) is 94.9 cm³/mol. The van der Waals surface area contributed by atoms with Crippen LogP contribution in [0.2, 0.25) is 0 Å². The van der Waals surface area contributed by atoms with Crippen molar-refractivity contribution in [2.75, 3.05) is 6.61 Å². The molecule has 4 nitrogen and oxygen atoms in total. The van der Waals surface area contributed by atoms with E-state index in [9.17, 15) is 9.59 Å². The zero-order valence-electron chi connectivity index (χ0n) is 14.4. The number of amides is 1. The lowest BCUT2D eigenvalue weighted by atomic mass is 9.90. The molecule has 4 heteroatoms. The lowest BCUT2D eigenvalue weighted by Crippen LogP contribution is -2.34. The molecule has 0 aliphatic carbocycles. The number of carbonyl (C=O) groups excluding carboxylic acids is 2. The monoisotopic (exact) mass is 327 g/mol. The van der Waals surface area contributed by atoms with Crippen molar-refractivity contribution < 1.29 is 14.3 Å². The second kappa shape index (κ2) is 9.57. The quantitative estimate of drug-likeness (QED) is 0.430. The van der Waals surface area contributed by atoms with E-state index in [1.165, 1.54) is 0 Å². The highest BCUT2D eigenvalue weighted by molar-refractivity contribution is 5.77. The van der Waals surface area contributed by atoms with Crippen molar-refractivity contribution in [1.82, 2.24) is 5.32 Å². The summed E-state index contributed by atoms with van der Waals surface area (Å²) < 4.78 is 5.44. The second-order valence-corrected chi connectivity index (χ2v) is 6.21. The lowest BCUT2D eigenvalue weighted by molar-refractivity contribution is -0.155. The highest BCUT2D eigenvalue weighted by atomic mass is 16.5. The smallest absolute Gasteiger partial charge is 0.311 e. The molecule has 0 aliphatic rings. The number of benzene rings is 1. The van der Waals surface area contributed by atoms with Crippen molar-refractivity contribution in [3.63, 3.8) is 0 Å². The van der Waals surface area contributed by atoms with Gasteiger partial charge < -0.3 is 10.1 Å². The van der Waals surface area contributed by atoms with E-state index in [1.807, 2.05) is 30.3 Å². The summed E-state index contributed by atoms with van der Waals surface area (Å²) in [7, 11) is 0. The van der Waals surface area contributed by atoms with Gasteiger partial charge in [-0.15, -0.1) is 18.9 Å². The number of hydrogen-bond acceptors (Lipinski definition) is 3. The molecule has 0 saturated heterocycles. The Morgan fingerprint density at radius 3 is 2.62 bits per heavy atom. The van der Waals surface area contributed by atoms with Gasteiger partial charge in [-0.25, -0.2) is 0 Å². The normalized spacial score (nSPS) is 11.9. The van der Waals surface area contributed by atoms with E-state index in [0.717, 1.165) is 5.56 Å². The molecule has 1 aromatic rings. The number of carbonyl (C=O) groups is 2. The molecular weight excluding hydrogens is 302 g/mol. The van der Waals surface area contributed by atoms with Gasteiger partial charge in [0.25, 0.3) is 0 Å². The van der Waals surface area contributed by atoms with Crippen LogP contribution in [0.1, 0.15) is 44.7 Å². The van der Waals surface area contributed by atoms with Gasteiger partial charge in [0.2, 0.25) is 5.91 Å². The van der Waals surface area contributed by atoms with Crippen LogP contribution >= 0.6 is 0 Å². The van der Waals surface area contributed by atoms with Crippen LogP contribution in [0.4, 0.5) is 0 Å². The first-order valence-electron chi connectivity index (χ1n) is 7.96. The predicted octanol–water partition coefficient (Wildman–Crippen LogP) is 3.40. The minimum atomic E-state index is -0.642. The maximum absolute atomic E-state index is 12.2. The van der Waals surface area contributed by atoms with Gasteiger partial charge in [-0.05, 0) is 25.8 Å². The van der Waals surface area contributed by atoms with Crippen molar-refractivity contribution in [1.29, 1.82) is 0 Å². The molecule has 1 unspecified atom stereocenters. The van der Waals surface area contributed by atoms with Gasteiger partial charge in [-0.1, -0.05) is 36.4 Å². The Bertz CT molecular complexity index is 599. The van der Waals surface area contributed by atoms with E-state index < -0.39 is 11.5 Å². The average molecular weight is 327 g/mol. The topological polar surface area (TPSA) is 55.4 Å². The SMILES string of the molecule is C#CCCC(=O)NC(COC(=O)C(C)(C)CC=C)c1ccccc1. The molecule has 0 saturated carbocycles. The zero-order chi connectivity index (χ0) is 18.0. The first-order valence-corrected chi connectivity index (χ1v) is 7.96. The van der Waals surface area contributed by atoms with Crippen molar-refractivity contribution >= 4 is 11.9 Å². The highest BCUT2D eigenvalue weighted by Crippen LogP contribution is 2.24. The molecule has 1 aromatic carbocycles. The lowest BCUT2D eigenvalue weighted by Gasteiger charge is -2.24. The Balaban J connectivity index is 2.76. The summed E-state index contributed by atoms with van der Waals surface area (Å²) in [4.78, 5) is 24.2. The van der Waals surface area contributed by atoms with Crippen LogP contribution in [-0.4, -0.2) is 18.5 Å². The van der Waals surface area contributed by atoms with Gasteiger partial charge in [0.15, 0.2) is 0 Å².